The van der Waals surface area contributed by atoms with Crippen LogP contribution < -0.4 is 10.6 Å². The SMILES string of the molecule is C[C@@H](CO)NC(=O)C[C@H]1CC=CCCC[C@H](Cc2ccccc2)C(=O)OCC2(CCCC2)NC1=O. The number of carbonyl (C=O) groups is 3. The second-order valence-electron chi connectivity index (χ2n) is 10.2. The molecule has 2 aliphatic rings. The van der Waals surface area contributed by atoms with Gasteiger partial charge in [0.2, 0.25) is 11.8 Å². The molecule has 0 saturated heterocycles. The Hall–Kier alpha value is -2.67. The summed E-state index contributed by atoms with van der Waals surface area (Å²) >= 11 is 0. The fraction of sp³-hybridized carbons (Fsp3) is 0.607. The Morgan fingerprint density at radius 2 is 1.89 bits per heavy atom. The summed E-state index contributed by atoms with van der Waals surface area (Å²) < 4.78 is 5.86. The van der Waals surface area contributed by atoms with E-state index in [-0.39, 0.29) is 49.4 Å². The lowest BCUT2D eigenvalue weighted by Gasteiger charge is -2.32. The molecule has 35 heavy (non-hydrogen) atoms. The van der Waals surface area contributed by atoms with Gasteiger partial charge in [-0.3, -0.25) is 14.4 Å². The van der Waals surface area contributed by atoms with Gasteiger partial charge in [0.05, 0.1) is 24.0 Å². The molecule has 1 aliphatic heterocycles. The van der Waals surface area contributed by atoms with Gasteiger partial charge in [-0.05, 0) is 57.4 Å². The topological polar surface area (TPSA) is 105 Å². The van der Waals surface area contributed by atoms with E-state index in [1.807, 2.05) is 42.5 Å². The van der Waals surface area contributed by atoms with E-state index in [4.69, 9.17) is 4.74 Å². The Morgan fingerprint density at radius 1 is 1.14 bits per heavy atom. The third kappa shape index (κ3) is 8.49. The number of aliphatic hydroxyl groups is 1. The summed E-state index contributed by atoms with van der Waals surface area (Å²) in [5.74, 6) is -1.37. The van der Waals surface area contributed by atoms with Crippen molar-refractivity contribution in [3.63, 3.8) is 0 Å². The van der Waals surface area contributed by atoms with E-state index < -0.39 is 11.5 Å². The maximum Gasteiger partial charge on any atom is 0.309 e. The summed E-state index contributed by atoms with van der Waals surface area (Å²) in [6.07, 6.45) is 11.0. The zero-order valence-electron chi connectivity index (χ0n) is 20.8. The van der Waals surface area contributed by atoms with Crippen molar-refractivity contribution in [1.29, 1.82) is 0 Å². The van der Waals surface area contributed by atoms with Crippen LogP contribution in [0.25, 0.3) is 0 Å². The summed E-state index contributed by atoms with van der Waals surface area (Å²) in [6.45, 7) is 1.74. The summed E-state index contributed by atoms with van der Waals surface area (Å²) in [5.41, 5.74) is 0.539. The van der Waals surface area contributed by atoms with Crippen molar-refractivity contribution >= 4 is 17.8 Å². The predicted octanol–water partition coefficient (Wildman–Crippen LogP) is 3.45. The number of rotatable bonds is 6. The number of nitrogens with one attached hydrogen (secondary N) is 2. The first kappa shape index (κ1) is 26.9. The lowest BCUT2D eigenvalue weighted by Crippen LogP contribution is -2.52. The number of aliphatic hydroxyl groups excluding tert-OH is 1. The van der Waals surface area contributed by atoms with Gasteiger partial charge in [0.25, 0.3) is 0 Å². The standard InChI is InChI=1S/C28H40N2O5/c1-21(19-31)29-25(32)18-23-13-7-2-3-8-14-24(17-22-11-5-4-6-12-22)27(34)35-20-28(30-26(23)33)15-9-10-16-28/h2,4-7,11-12,21,23-24,31H,3,8-10,13-20H2,1H3,(H,29,32)(H,30,33)/t21-,23+,24+/m0/s1. The molecule has 0 unspecified atom stereocenters. The van der Waals surface area contributed by atoms with Crippen LogP contribution in [0.4, 0.5) is 0 Å². The lowest BCUT2D eigenvalue weighted by molar-refractivity contribution is -0.152. The molecular formula is C28H40N2O5. The predicted molar refractivity (Wildman–Crippen MR) is 134 cm³/mol. The molecule has 1 aliphatic carbocycles. The second kappa shape index (κ2) is 13.4. The Labute approximate surface area is 208 Å². The summed E-state index contributed by atoms with van der Waals surface area (Å²) in [5, 5.41) is 15.1. The maximum absolute atomic E-state index is 13.3. The van der Waals surface area contributed by atoms with Crippen molar-refractivity contribution in [2.24, 2.45) is 11.8 Å². The molecule has 0 radical (unpaired) electrons. The first-order chi connectivity index (χ1) is 16.9. The molecule has 3 atom stereocenters. The van der Waals surface area contributed by atoms with Crippen molar-refractivity contribution in [2.75, 3.05) is 13.2 Å². The van der Waals surface area contributed by atoms with Gasteiger partial charge in [-0.15, -0.1) is 0 Å². The minimum atomic E-state index is -0.578. The van der Waals surface area contributed by atoms with Gasteiger partial charge in [-0.25, -0.2) is 0 Å². The second-order valence-corrected chi connectivity index (χ2v) is 10.2. The van der Waals surface area contributed by atoms with Crippen molar-refractivity contribution < 1.29 is 24.2 Å². The minimum absolute atomic E-state index is 0.0511. The molecule has 1 aromatic rings. The van der Waals surface area contributed by atoms with Gasteiger partial charge in [-0.1, -0.05) is 55.3 Å². The van der Waals surface area contributed by atoms with E-state index in [9.17, 15) is 19.5 Å². The molecular weight excluding hydrogens is 444 g/mol. The Balaban J connectivity index is 1.74. The normalized spacial score (nSPS) is 24.3. The lowest BCUT2D eigenvalue weighted by atomic mass is 9.92. The third-order valence-corrected chi connectivity index (χ3v) is 7.09. The van der Waals surface area contributed by atoms with Crippen LogP contribution in [0.5, 0.6) is 0 Å². The van der Waals surface area contributed by atoms with Gasteiger partial charge in [0.1, 0.15) is 6.61 Å². The fourth-order valence-electron chi connectivity index (χ4n) is 5.00. The molecule has 7 heteroatoms. The Bertz CT molecular complexity index is 863. The number of esters is 1. The van der Waals surface area contributed by atoms with Gasteiger partial charge in [-0.2, -0.15) is 0 Å². The highest BCUT2D eigenvalue weighted by Gasteiger charge is 2.39. The van der Waals surface area contributed by atoms with Gasteiger partial charge in [0, 0.05) is 12.5 Å². The third-order valence-electron chi connectivity index (χ3n) is 7.09. The largest absolute Gasteiger partial charge is 0.463 e. The van der Waals surface area contributed by atoms with Crippen LogP contribution in [-0.2, 0) is 25.5 Å². The average Bonchev–Trinajstić information content (AvgIpc) is 3.31. The van der Waals surface area contributed by atoms with Gasteiger partial charge in [0.15, 0.2) is 0 Å². The number of amides is 2. The van der Waals surface area contributed by atoms with E-state index in [0.717, 1.165) is 50.5 Å². The molecule has 3 rings (SSSR count). The van der Waals surface area contributed by atoms with Crippen LogP contribution in [0.1, 0.15) is 70.3 Å². The molecule has 1 spiro atoms. The number of allylic oxidation sites excluding steroid dienone is 2. The van der Waals surface area contributed by atoms with Crippen LogP contribution >= 0.6 is 0 Å². The minimum Gasteiger partial charge on any atom is -0.463 e. The number of carbonyl (C=O) groups excluding carboxylic acids is 3. The molecule has 0 aromatic heterocycles. The number of hydrogen-bond donors (Lipinski definition) is 3. The van der Waals surface area contributed by atoms with E-state index in [0.29, 0.717) is 12.8 Å². The van der Waals surface area contributed by atoms with Crippen LogP contribution in [0.15, 0.2) is 42.5 Å². The molecule has 2 amide bonds. The van der Waals surface area contributed by atoms with Gasteiger partial charge >= 0.3 is 5.97 Å². The first-order valence-electron chi connectivity index (χ1n) is 13.0. The van der Waals surface area contributed by atoms with Crippen molar-refractivity contribution in [2.45, 2.75) is 82.7 Å². The van der Waals surface area contributed by atoms with Crippen LogP contribution in [0.2, 0.25) is 0 Å². The quantitative estimate of drug-likeness (QED) is 0.424. The van der Waals surface area contributed by atoms with Crippen LogP contribution in [0, 0.1) is 11.8 Å². The summed E-state index contributed by atoms with van der Waals surface area (Å²) in [6, 6.07) is 9.65. The molecule has 1 saturated carbocycles. The highest BCUT2D eigenvalue weighted by Crippen LogP contribution is 2.31. The van der Waals surface area contributed by atoms with E-state index in [1.165, 1.54) is 0 Å². The summed E-state index contributed by atoms with van der Waals surface area (Å²) in [4.78, 5) is 38.9. The summed E-state index contributed by atoms with van der Waals surface area (Å²) in [7, 11) is 0. The van der Waals surface area contributed by atoms with E-state index in [1.54, 1.807) is 6.92 Å². The Kier molecular flexibility index (Phi) is 10.3. The number of hydrogen-bond acceptors (Lipinski definition) is 5. The zero-order chi connectivity index (χ0) is 25.1. The average molecular weight is 485 g/mol. The van der Waals surface area contributed by atoms with Gasteiger partial charge < -0.3 is 20.5 Å². The fourth-order valence-corrected chi connectivity index (χ4v) is 5.00. The zero-order valence-corrected chi connectivity index (χ0v) is 20.8. The monoisotopic (exact) mass is 484 g/mol. The van der Waals surface area contributed by atoms with Crippen molar-refractivity contribution in [3.8, 4) is 0 Å². The molecule has 3 N–H and O–H groups in total. The smallest absolute Gasteiger partial charge is 0.309 e. The number of ether oxygens (including phenoxy) is 1. The maximum atomic E-state index is 13.3. The molecule has 1 heterocycles. The first-order valence-corrected chi connectivity index (χ1v) is 13.0. The van der Waals surface area contributed by atoms with Crippen molar-refractivity contribution in [3.05, 3.63) is 48.0 Å². The molecule has 1 aromatic carbocycles. The Morgan fingerprint density at radius 3 is 2.60 bits per heavy atom. The number of cyclic esters (lactones) is 1. The molecule has 192 valence electrons. The highest BCUT2D eigenvalue weighted by molar-refractivity contribution is 5.86. The number of benzene rings is 1. The van der Waals surface area contributed by atoms with Crippen LogP contribution in [0.3, 0.4) is 0 Å². The molecule has 1 fully saturated rings. The van der Waals surface area contributed by atoms with E-state index in [2.05, 4.69) is 10.6 Å². The van der Waals surface area contributed by atoms with E-state index >= 15 is 0 Å². The van der Waals surface area contributed by atoms with Crippen LogP contribution in [-0.4, -0.2) is 47.7 Å². The van der Waals surface area contributed by atoms with Crippen molar-refractivity contribution in [1.82, 2.24) is 10.6 Å². The highest BCUT2D eigenvalue weighted by atomic mass is 16.5. The molecule has 7 nitrogen and oxygen atoms in total. The molecule has 0 bridgehead atoms.